The van der Waals surface area contributed by atoms with Crippen molar-refractivity contribution >= 4 is 16.5 Å². The van der Waals surface area contributed by atoms with E-state index in [1.165, 1.54) is 11.3 Å². The van der Waals surface area contributed by atoms with Crippen LogP contribution in [0.1, 0.15) is 16.7 Å². The van der Waals surface area contributed by atoms with Crippen LogP contribution in [0, 0.1) is 6.92 Å². The van der Waals surface area contributed by atoms with E-state index >= 15 is 0 Å². The Bertz CT molecular complexity index is 294. The van der Waals surface area contributed by atoms with Crippen molar-refractivity contribution < 1.29 is 4.74 Å². The highest BCUT2D eigenvalue weighted by molar-refractivity contribution is 7.15. The first-order valence-electron chi connectivity index (χ1n) is 4.32. The molecule has 5 heteroatoms. The van der Waals surface area contributed by atoms with E-state index < -0.39 is 0 Å². The monoisotopic (exact) mass is 199 g/mol. The average molecular weight is 199 g/mol. The van der Waals surface area contributed by atoms with Crippen LogP contribution in [0.5, 0.6) is 0 Å². The third-order valence-corrected chi connectivity index (χ3v) is 3.15. The molecule has 1 unspecified atom stereocenters. The fraction of sp³-hybridized carbons (Fsp3) is 0.625. The summed E-state index contributed by atoms with van der Waals surface area (Å²) < 4.78 is 5.61. The first-order chi connectivity index (χ1) is 6.27. The second kappa shape index (κ2) is 3.61. The lowest BCUT2D eigenvalue weighted by Crippen LogP contribution is -2.33. The van der Waals surface area contributed by atoms with Crippen LogP contribution in [-0.4, -0.2) is 24.7 Å². The lowest BCUT2D eigenvalue weighted by molar-refractivity contribution is 0.0295. The van der Waals surface area contributed by atoms with Crippen LogP contribution in [0.25, 0.3) is 0 Å². The zero-order valence-corrected chi connectivity index (χ0v) is 8.36. The van der Waals surface area contributed by atoms with Gasteiger partial charge in [-0.15, -0.1) is 0 Å². The van der Waals surface area contributed by atoms with E-state index in [4.69, 9.17) is 10.5 Å². The van der Waals surface area contributed by atoms with Crippen LogP contribution in [0.3, 0.4) is 0 Å². The summed E-state index contributed by atoms with van der Waals surface area (Å²) >= 11 is 1.52. The minimum atomic E-state index is 0.142. The molecule has 0 aromatic carbocycles. The zero-order valence-electron chi connectivity index (χ0n) is 7.54. The third kappa shape index (κ3) is 1.82. The van der Waals surface area contributed by atoms with Gasteiger partial charge in [-0.05, 0) is 6.92 Å². The molecule has 2 heterocycles. The smallest absolute Gasteiger partial charge is 0.180 e. The lowest BCUT2D eigenvalue weighted by atomic mass is 10.2. The van der Waals surface area contributed by atoms with Gasteiger partial charge in [-0.25, -0.2) is 4.98 Å². The summed E-state index contributed by atoms with van der Waals surface area (Å²) in [5.74, 6) is 0. The summed E-state index contributed by atoms with van der Waals surface area (Å²) in [4.78, 5) is 5.33. The molecule has 1 saturated heterocycles. The molecule has 1 atom stereocenters. The van der Waals surface area contributed by atoms with Crippen molar-refractivity contribution in [2.24, 2.45) is 0 Å². The number of nitrogens with two attached hydrogens (primary N) is 1. The van der Waals surface area contributed by atoms with E-state index in [1.54, 1.807) is 0 Å². The third-order valence-electron chi connectivity index (χ3n) is 2.07. The molecule has 0 bridgehead atoms. The number of anilines is 1. The second-order valence-electron chi connectivity index (χ2n) is 3.07. The second-order valence-corrected chi connectivity index (χ2v) is 4.13. The maximum absolute atomic E-state index is 5.62. The van der Waals surface area contributed by atoms with Crippen LogP contribution in [-0.2, 0) is 4.74 Å². The van der Waals surface area contributed by atoms with Gasteiger partial charge in [-0.3, -0.25) is 0 Å². The number of morpholine rings is 1. The van der Waals surface area contributed by atoms with Gasteiger partial charge in [0.15, 0.2) is 5.13 Å². The van der Waals surface area contributed by atoms with Gasteiger partial charge in [-0.2, -0.15) is 0 Å². The minimum Gasteiger partial charge on any atom is -0.375 e. The molecule has 1 aromatic rings. The van der Waals surface area contributed by atoms with Gasteiger partial charge in [0.1, 0.15) is 6.10 Å². The van der Waals surface area contributed by atoms with Crippen molar-refractivity contribution in [3.05, 3.63) is 10.6 Å². The van der Waals surface area contributed by atoms with Gasteiger partial charge in [-0.1, -0.05) is 11.3 Å². The highest BCUT2D eigenvalue weighted by Gasteiger charge is 2.20. The van der Waals surface area contributed by atoms with Crippen molar-refractivity contribution in [1.29, 1.82) is 0 Å². The fourth-order valence-corrected chi connectivity index (χ4v) is 2.35. The summed E-state index contributed by atoms with van der Waals surface area (Å²) in [6, 6.07) is 0. The van der Waals surface area contributed by atoms with Gasteiger partial charge >= 0.3 is 0 Å². The number of nitrogens with zero attached hydrogens (tertiary/aromatic N) is 1. The molecule has 0 radical (unpaired) electrons. The van der Waals surface area contributed by atoms with E-state index in [0.717, 1.165) is 30.3 Å². The molecule has 0 amide bonds. The number of hydrogen-bond donors (Lipinski definition) is 2. The molecule has 1 aromatic heterocycles. The van der Waals surface area contributed by atoms with Gasteiger partial charge in [0.05, 0.1) is 17.2 Å². The topological polar surface area (TPSA) is 60.2 Å². The summed E-state index contributed by atoms with van der Waals surface area (Å²) in [7, 11) is 0. The molecule has 3 N–H and O–H groups in total. The SMILES string of the molecule is Cc1nc(N)sc1C1CNCCO1. The molecule has 1 aliphatic heterocycles. The first kappa shape index (κ1) is 8.93. The maximum atomic E-state index is 5.62. The highest BCUT2D eigenvalue weighted by Crippen LogP contribution is 2.29. The summed E-state index contributed by atoms with van der Waals surface area (Å²) in [5, 5.41) is 3.91. The van der Waals surface area contributed by atoms with Crippen LogP contribution < -0.4 is 11.1 Å². The molecule has 0 aliphatic carbocycles. The number of aryl methyl sites for hydroxylation is 1. The van der Waals surface area contributed by atoms with E-state index in [2.05, 4.69) is 10.3 Å². The summed E-state index contributed by atoms with van der Waals surface area (Å²) in [6.45, 7) is 4.54. The van der Waals surface area contributed by atoms with Crippen molar-refractivity contribution in [2.75, 3.05) is 25.4 Å². The van der Waals surface area contributed by atoms with Crippen LogP contribution >= 0.6 is 11.3 Å². The average Bonchev–Trinajstić information content (AvgIpc) is 2.47. The normalized spacial score (nSPS) is 23.3. The molecule has 72 valence electrons. The Morgan fingerprint density at radius 3 is 3.08 bits per heavy atom. The van der Waals surface area contributed by atoms with Crippen molar-refractivity contribution in [3.63, 3.8) is 0 Å². The zero-order chi connectivity index (χ0) is 9.26. The van der Waals surface area contributed by atoms with Crippen molar-refractivity contribution in [3.8, 4) is 0 Å². The molecule has 0 spiro atoms. The largest absolute Gasteiger partial charge is 0.375 e. The highest BCUT2D eigenvalue weighted by atomic mass is 32.1. The predicted octanol–water partition coefficient (Wildman–Crippen LogP) is 0.695. The quantitative estimate of drug-likeness (QED) is 0.699. The first-order valence-corrected chi connectivity index (χ1v) is 5.14. The Labute approximate surface area is 81.1 Å². The van der Waals surface area contributed by atoms with Crippen LogP contribution in [0.2, 0.25) is 0 Å². The van der Waals surface area contributed by atoms with Gasteiger partial charge < -0.3 is 15.8 Å². The van der Waals surface area contributed by atoms with Gasteiger partial charge in [0, 0.05) is 13.1 Å². The number of rotatable bonds is 1. The predicted molar refractivity (Wildman–Crippen MR) is 52.8 cm³/mol. The summed E-state index contributed by atoms with van der Waals surface area (Å²) in [6.07, 6.45) is 0.142. The number of thiazole rings is 1. The number of hydrogen-bond acceptors (Lipinski definition) is 5. The Morgan fingerprint density at radius 1 is 1.69 bits per heavy atom. The molecular weight excluding hydrogens is 186 g/mol. The van der Waals surface area contributed by atoms with Gasteiger partial charge in [0.2, 0.25) is 0 Å². The number of ether oxygens (including phenoxy) is 1. The van der Waals surface area contributed by atoms with Crippen LogP contribution in [0.4, 0.5) is 5.13 Å². The number of nitrogens with one attached hydrogen (secondary N) is 1. The van der Waals surface area contributed by atoms with E-state index in [9.17, 15) is 0 Å². The van der Waals surface area contributed by atoms with E-state index in [1.807, 2.05) is 6.92 Å². The molecule has 4 nitrogen and oxygen atoms in total. The minimum absolute atomic E-state index is 0.142. The molecule has 1 aliphatic rings. The molecule has 2 rings (SSSR count). The Hall–Kier alpha value is -0.650. The Balaban J connectivity index is 2.18. The maximum Gasteiger partial charge on any atom is 0.180 e. The molecule has 13 heavy (non-hydrogen) atoms. The van der Waals surface area contributed by atoms with Crippen molar-refractivity contribution in [1.82, 2.24) is 10.3 Å². The number of nitrogen functional groups attached to an aromatic ring is 1. The van der Waals surface area contributed by atoms with E-state index in [0.29, 0.717) is 5.13 Å². The van der Waals surface area contributed by atoms with Crippen LogP contribution in [0.15, 0.2) is 0 Å². The Kier molecular flexibility index (Phi) is 2.48. The van der Waals surface area contributed by atoms with Crippen molar-refractivity contribution in [2.45, 2.75) is 13.0 Å². The molecule has 1 fully saturated rings. The molecular formula is C8H13N3OS. The molecule has 0 saturated carbocycles. The fourth-order valence-electron chi connectivity index (χ4n) is 1.46. The van der Waals surface area contributed by atoms with E-state index in [-0.39, 0.29) is 6.10 Å². The van der Waals surface area contributed by atoms with Gasteiger partial charge in [0.25, 0.3) is 0 Å². The standard InChI is InChI=1S/C8H13N3OS/c1-5-7(13-8(9)11-5)6-4-10-2-3-12-6/h6,10H,2-4H2,1H3,(H2,9,11). The number of aromatic nitrogens is 1. The summed E-state index contributed by atoms with van der Waals surface area (Å²) in [5.41, 5.74) is 6.61. The Morgan fingerprint density at radius 2 is 2.54 bits per heavy atom. The lowest BCUT2D eigenvalue weighted by Gasteiger charge is -2.22.